The van der Waals surface area contributed by atoms with Crippen molar-refractivity contribution in [3.63, 3.8) is 0 Å². The van der Waals surface area contributed by atoms with Crippen LogP contribution in [0.1, 0.15) is 36.7 Å². The quantitative estimate of drug-likeness (QED) is 0.770. The SMILES string of the molecule is CC(C)=C(C)C1=C(O)c2ccccc2C(=O)C1=O. The lowest BCUT2D eigenvalue weighted by Crippen LogP contribution is -2.24. The van der Waals surface area contributed by atoms with Crippen molar-refractivity contribution in [2.75, 3.05) is 0 Å². The minimum absolute atomic E-state index is 0.103. The fraction of sp³-hybridized carbons (Fsp3) is 0.200. The van der Waals surface area contributed by atoms with Gasteiger partial charge in [-0.2, -0.15) is 0 Å². The van der Waals surface area contributed by atoms with Crippen LogP contribution in [0.4, 0.5) is 0 Å². The van der Waals surface area contributed by atoms with Crippen molar-refractivity contribution >= 4 is 17.3 Å². The van der Waals surface area contributed by atoms with Crippen molar-refractivity contribution < 1.29 is 14.7 Å². The number of benzene rings is 1. The molecule has 0 aliphatic heterocycles. The van der Waals surface area contributed by atoms with Gasteiger partial charge in [0.15, 0.2) is 0 Å². The molecule has 0 heterocycles. The first-order valence-electron chi connectivity index (χ1n) is 5.71. The van der Waals surface area contributed by atoms with E-state index in [1.807, 2.05) is 13.8 Å². The molecule has 18 heavy (non-hydrogen) atoms. The van der Waals surface area contributed by atoms with E-state index in [-0.39, 0.29) is 16.9 Å². The largest absolute Gasteiger partial charge is 0.507 e. The van der Waals surface area contributed by atoms with Gasteiger partial charge < -0.3 is 5.11 Å². The Hall–Kier alpha value is -2.16. The highest BCUT2D eigenvalue weighted by Gasteiger charge is 2.33. The van der Waals surface area contributed by atoms with Gasteiger partial charge in [0.05, 0.1) is 5.57 Å². The number of carbonyl (C=O) groups excluding carboxylic acids is 2. The fourth-order valence-corrected chi connectivity index (χ4v) is 1.96. The maximum Gasteiger partial charge on any atom is 0.237 e. The number of hydrogen-bond donors (Lipinski definition) is 1. The van der Waals surface area contributed by atoms with Gasteiger partial charge in [0.25, 0.3) is 0 Å². The maximum atomic E-state index is 12.0. The first-order valence-corrected chi connectivity index (χ1v) is 5.71. The van der Waals surface area contributed by atoms with E-state index in [0.29, 0.717) is 11.1 Å². The van der Waals surface area contributed by atoms with Gasteiger partial charge in [0.2, 0.25) is 11.6 Å². The van der Waals surface area contributed by atoms with E-state index in [4.69, 9.17) is 0 Å². The van der Waals surface area contributed by atoms with Crippen LogP contribution in [0.15, 0.2) is 41.0 Å². The van der Waals surface area contributed by atoms with E-state index in [1.54, 1.807) is 31.2 Å². The lowest BCUT2D eigenvalue weighted by molar-refractivity contribution is -0.111. The molecule has 0 spiro atoms. The number of rotatable bonds is 1. The Morgan fingerprint density at radius 2 is 1.50 bits per heavy atom. The third-order valence-corrected chi connectivity index (χ3v) is 3.22. The minimum Gasteiger partial charge on any atom is -0.507 e. The van der Waals surface area contributed by atoms with Crippen molar-refractivity contribution in [1.82, 2.24) is 0 Å². The second-order valence-electron chi connectivity index (χ2n) is 4.55. The topological polar surface area (TPSA) is 54.4 Å². The predicted octanol–water partition coefficient (Wildman–Crippen LogP) is 3.08. The molecule has 1 aliphatic carbocycles. The smallest absolute Gasteiger partial charge is 0.237 e. The Kier molecular flexibility index (Phi) is 2.91. The standard InChI is InChI=1S/C15H14O3/c1-8(2)9(3)12-13(16)10-6-4-5-7-11(10)14(17)15(12)18/h4-7,16H,1-3H3. The van der Waals surface area contributed by atoms with Gasteiger partial charge >= 0.3 is 0 Å². The number of carbonyl (C=O) groups is 2. The molecule has 3 heteroatoms. The third-order valence-electron chi connectivity index (χ3n) is 3.22. The lowest BCUT2D eigenvalue weighted by atomic mass is 9.84. The Labute approximate surface area is 105 Å². The number of allylic oxidation sites excluding steroid dienone is 3. The number of aliphatic hydroxyl groups excluding tert-OH is 1. The van der Waals surface area contributed by atoms with Crippen LogP contribution in [0.25, 0.3) is 5.76 Å². The number of hydrogen-bond acceptors (Lipinski definition) is 3. The number of Topliss-reactive ketones (excluding diaryl/α,β-unsaturated/α-hetero) is 2. The van der Waals surface area contributed by atoms with Gasteiger partial charge in [-0.3, -0.25) is 9.59 Å². The number of fused-ring (bicyclic) bond motifs is 1. The molecule has 0 saturated heterocycles. The second-order valence-corrected chi connectivity index (χ2v) is 4.55. The maximum absolute atomic E-state index is 12.0. The summed E-state index contributed by atoms with van der Waals surface area (Å²) in [6.07, 6.45) is 0. The molecule has 0 aromatic heterocycles. The van der Waals surface area contributed by atoms with Crippen LogP contribution in [0, 0.1) is 0 Å². The van der Waals surface area contributed by atoms with Gasteiger partial charge in [-0.1, -0.05) is 29.8 Å². The Balaban J connectivity index is 2.79. The molecule has 0 bridgehead atoms. The van der Waals surface area contributed by atoms with Crippen molar-refractivity contribution in [1.29, 1.82) is 0 Å². The highest BCUT2D eigenvalue weighted by molar-refractivity contribution is 6.53. The summed E-state index contributed by atoms with van der Waals surface area (Å²) in [7, 11) is 0. The summed E-state index contributed by atoms with van der Waals surface area (Å²) in [4.78, 5) is 24.0. The average molecular weight is 242 g/mol. The van der Waals surface area contributed by atoms with Gasteiger partial charge in [-0.25, -0.2) is 0 Å². The summed E-state index contributed by atoms with van der Waals surface area (Å²) in [6, 6.07) is 6.61. The van der Waals surface area contributed by atoms with E-state index in [9.17, 15) is 14.7 Å². The molecule has 1 aromatic rings. The molecule has 0 fully saturated rings. The predicted molar refractivity (Wildman–Crippen MR) is 69.4 cm³/mol. The molecular formula is C15H14O3. The van der Waals surface area contributed by atoms with Crippen molar-refractivity contribution in [2.24, 2.45) is 0 Å². The number of aliphatic hydroxyl groups is 1. The van der Waals surface area contributed by atoms with Crippen molar-refractivity contribution in [3.05, 3.63) is 52.1 Å². The lowest BCUT2D eigenvalue weighted by Gasteiger charge is -2.18. The third kappa shape index (κ3) is 1.68. The molecule has 0 atom stereocenters. The summed E-state index contributed by atoms with van der Waals surface area (Å²) in [5.41, 5.74) is 2.37. The van der Waals surface area contributed by atoms with Gasteiger partial charge in [-0.15, -0.1) is 0 Å². The molecule has 92 valence electrons. The monoisotopic (exact) mass is 242 g/mol. The van der Waals surface area contributed by atoms with E-state index >= 15 is 0 Å². The summed E-state index contributed by atoms with van der Waals surface area (Å²) in [5, 5.41) is 10.2. The van der Waals surface area contributed by atoms with Crippen molar-refractivity contribution in [2.45, 2.75) is 20.8 Å². The summed E-state index contributed by atoms with van der Waals surface area (Å²) >= 11 is 0. The molecular weight excluding hydrogens is 228 g/mol. The van der Waals surface area contributed by atoms with Crippen LogP contribution in [0.3, 0.4) is 0 Å². The Morgan fingerprint density at radius 1 is 0.944 bits per heavy atom. The summed E-state index contributed by atoms with van der Waals surface area (Å²) in [5.74, 6) is -1.29. The molecule has 3 nitrogen and oxygen atoms in total. The summed E-state index contributed by atoms with van der Waals surface area (Å²) in [6.45, 7) is 5.42. The van der Waals surface area contributed by atoms with Crippen molar-refractivity contribution in [3.8, 4) is 0 Å². The van der Waals surface area contributed by atoms with Gasteiger partial charge in [0.1, 0.15) is 5.76 Å². The molecule has 1 N–H and O–H groups in total. The zero-order valence-corrected chi connectivity index (χ0v) is 10.6. The normalized spacial score (nSPS) is 14.6. The molecule has 0 saturated carbocycles. The highest BCUT2D eigenvalue weighted by atomic mass is 16.3. The van der Waals surface area contributed by atoms with E-state index in [1.165, 1.54) is 0 Å². The zero-order chi connectivity index (χ0) is 13.4. The first-order chi connectivity index (χ1) is 8.45. The van der Waals surface area contributed by atoms with Crippen LogP contribution in [0.5, 0.6) is 0 Å². The molecule has 0 amide bonds. The van der Waals surface area contributed by atoms with Gasteiger partial charge in [-0.05, 0) is 26.3 Å². The highest BCUT2D eigenvalue weighted by Crippen LogP contribution is 2.32. The van der Waals surface area contributed by atoms with Crippen LogP contribution in [0.2, 0.25) is 0 Å². The zero-order valence-electron chi connectivity index (χ0n) is 10.6. The van der Waals surface area contributed by atoms with E-state index in [0.717, 1.165) is 5.57 Å². The molecule has 0 unspecified atom stereocenters. The van der Waals surface area contributed by atoms with Crippen LogP contribution in [-0.2, 0) is 4.79 Å². The Morgan fingerprint density at radius 3 is 2.06 bits per heavy atom. The minimum atomic E-state index is -0.634. The fourth-order valence-electron chi connectivity index (χ4n) is 1.96. The van der Waals surface area contributed by atoms with E-state index < -0.39 is 11.6 Å². The van der Waals surface area contributed by atoms with Crippen LogP contribution < -0.4 is 0 Å². The molecule has 1 aromatic carbocycles. The first kappa shape index (κ1) is 12.3. The Bertz CT molecular complexity index is 614. The van der Waals surface area contributed by atoms with Crippen LogP contribution >= 0.6 is 0 Å². The second kappa shape index (κ2) is 4.26. The molecule has 2 rings (SSSR count). The van der Waals surface area contributed by atoms with Crippen LogP contribution in [-0.4, -0.2) is 16.7 Å². The molecule has 0 radical (unpaired) electrons. The van der Waals surface area contributed by atoms with Gasteiger partial charge in [0, 0.05) is 11.1 Å². The summed E-state index contributed by atoms with van der Waals surface area (Å²) < 4.78 is 0. The number of ketones is 2. The van der Waals surface area contributed by atoms with E-state index in [2.05, 4.69) is 0 Å². The molecule has 1 aliphatic rings. The average Bonchev–Trinajstić information content (AvgIpc) is 2.36.